The smallest absolute Gasteiger partial charge is 0.191 e. The number of hydrogen-bond donors (Lipinski definition) is 2. The zero-order valence-electron chi connectivity index (χ0n) is 19.1. The molecular weight excluding hydrogens is 503 g/mol. The zero-order chi connectivity index (χ0) is 21.2. The van der Waals surface area contributed by atoms with Crippen molar-refractivity contribution in [2.75, 3.05) is 19.8 Å². The van der Waals surface area contributed by atoms with E-state index in [9.17, 15) is 0 Å². The highest BCUT2D eigenvalue weighted by molar-refractivity contribution is 14.0. The third-order valence-electron chi connectivity index (χ3n) is 6.14. The number of halogens is 1. The molecule has 1 aliphatic rings. The van der Waals surface area contributed by atoms with Crippen molar-refractivity contribution in [2.24, 2.45) is 17.5 Å². The molecule has 0 spiro atoms. The predicted molar refractivity (Wildman–Crippen MR) is 136 cm³/mol. The molecule has 1 heterocycles. The quantitative estimate of drug-likeness (QED) is 0.207. The third-order valence-corrected chi connectivity index (χ3v) is 6.14. The zero-order valence-corrected chi connectivity index (χ0v) is 21.4. The maximum atomic E-state index is 5.66. The van der Waals surface area contributed by atoms with Crippen LogP contribution in [-0.4, -0.2) is 40.5 Å². The molecule has 31 heavy (non-hydrogen) atoms. The first kappa shape index (κ1) is 25.6. The van der Waals surface area contributed by atoms with Crippen molar-refractivity contribution in [1.29, 1.82) is 0 Å². The molecule has 0 radical (unpaired) electrons. The van der Waals surface area contributed by atoms with Crippen molar-refractivity contribution in [3.63, 3.8) is 0 Å². The van der Waals surface area contributed by atoms with E-state index in [0.29, 0.717) is 18.5 Å². The van der Waals surface area contributed by atoms with E-state index in [2.05, 4.69) is 52.0 Å². The van der Waals surface area contributed by atoms with E-state index in [1.807, 2.05) is 24.6 Å². The van der Waals surface area contributed by atoms with Crippen LogP contribution >= 0.6 is 24.0 Å². The van der Waals surface area contributed by atoms with Gasteiger partial charge in [-0.25, -0.2) is 4.99 Å². The van der Waals surface area contributed by atoms with Crippen LogP contribution in [0.1, 0.15) is 56.2 Å². The predicted octanol–water partition coefficient (Wildman–Crippen LogP) is 3.96. The summed E-state index contributed by atoms with van der Waals surface area (Å²) in [5.41, 5.74) is 1.49. The number of guanidine groups is 1. The Labute approximate surface area is 203 Å². The molecule has 0 unspecified atom stereocenters. The number of benzene rings is 1. The Bertz CT molecular complexity index is 802. The molecule has 7 nitrogen and oxygen atoms in total. The minimum atomic E-state index is 0. The highest BCUT2D eigenvalue weighted by atomic mass is 127. The summed E-state index contributed by atoms with van der Waals surface area (Å²) in [6.07, 6.45) is 6.21. The van der Waals surface area contributed by atoms with Crippen LogP contribution in [-0.2, 0) is 24.9 Å². The van der Waals surface area contributed by atoms with E-state index in [1.165, 1.54) is 31.2 Å². The summed E-state index contributed by atoms with van der Waals surface area (Å²) in [7, 11) is 1.99. The maximum absolute atomic E-state index is 5.66. The summed E-state index contributed by atoms with van der Waals surface area (Å²) in [6.45, 7) is 7.78. The van der Waals surface area contributed by atoms with Gasteiger partial charge >= 0.3 is 0 Å². The lowest BCUT2D eigenvalue weighted by atomic mass is 9.83. The fourth-order valence-electron chi connectivity index (χ4n) is 4.04. The van der Waals surface area contributed by atoms with Crippen LogP contribution in [0.5, 0.6) is 0 Å². The van der Waals surface area contributed by atoms with Gasteiger partial charge < -0.3 is 19.9 Å². The average molecular weight is 540 g/mol. The molecule has 8 heteroatoms. The first-order chi connectivity index (χ1) is 14.6. The van der Waals surface area contributed by atoms with Crippen molar-refractivity contribution in [1.82, 2.24) is 25.4 Å². The monoisotopic (exact) mass is 540 g/mol. The molecule has 1 aromatic heterocycles. The van der Waals surface area contributed by atoms with Gasteiger partial charge in [0.15, 0.2) is 11.8 Å². The standard InChI is InChI=1S/C23H36N6O.HI/c1-4-30-15-14-23(12-8-9-13-23)18-26-22(24-16-20-10-6-5-7-11-20)25-17-21-28-27-19(2)29(21)3;/h5-7,10-11H,4,8-9,12-18H2,1-3H3,(H2,24,25,26);1H. The Morgan fingerprint density at radius 1 is 1.16 bits per heavy atom. The first-order valence-corrected chi connectivity index (χ1v) is 11.1. The Balaban J connectivity index is 0.00000341. The van der Waals surface area contributed by atoms with Crippen molar-refractivity contribution in [3.05, 3.63) is 47.5 Å². The van der Waals surface area contributed by atoms with Crippen molar-refractivity contribution >= 4 is 29.9 Å². The summed E-state index contributed by atoms with van der Waals surface area (Å²) < 4.78 is 7.66. The van der Waals surface area contributed by atoms with Crippen LogP contribution in [0, 0.1) is 12.3 Å². The lowest BCUT2D eigenvalue weighted by molar-refractivity contribution is 0.105. The first-order valence-electron chi connectivity index (χ1n) is 11.1. The number of hydrogen-bond acceptors (Lipinski definition) is 4. The number of aryl methyl sites for hydroxylation is 1. The van der Waals surface area contributed by atoms with E-state index >= 15 is 0 Å². The Hall–Kier alpha value is -1.68. The molecule has 1 aliphatic carbocycles. The average Bonchev–Trinajstić information content (AvgIpc) is 3.36. The summed E-state index contributed by atoms with van der Waals surface area (Å²) >= 11 is 0. The molecule has 172 valence electrons. The molecule has 3 rings (SSSR count). The van der Waals surface area contributed by atoms with Gasteiger partial charge in [0, 0.05) is 26.8 Å². The molecule has 0 amide bonds. The van der Waals surface area contributed by atoms with E-state index in [-0.39, 0.29) is 24.0 Å². The van der Waals surface area contributed by atoms with Crippen molar-refractivity contribution < 1.29 is 4.74 Å². The van der Waals surface area contributed by atoms with Gasteiger partial charge in [-0.15, -0.1) is 34.2 Å². The van der Waals surface area contributed by atoms with E-state index in [0.717, 1.165) is 43.8 Å². The SMILES string of the molecule is CCOCCC1(CNC(=NCc2ccccc2)NCc2nnc(C)n2C)CCCC1.I. The van der Waals surface area contributed by atoms with Gasteiger partial charge in [-0.05, 0) is 44.1 Å². The largest absolute Gasteiger partial charge is 0.382 e. The molecule has 2 aromatic rings. The van der Waals surface area contributed by atoms with Crippen molar-refractivity contribution in [2.45, 2.75) is 59.0 Å². The second-order valence-corrected chi connectivity index (χ2v) is 8.23. The van der Waals surface area contributed by atoms with Gasteiger partial charge in [-0.3, -0.25) is 0 Å². The van der Waals surface area contributed by atoms with E-state index in [4.69, 9.17) is 9.73 Å². The van der Waals surface area contributed by atoms with E-state index in [1.54, 1.807) is 0 Å². The molecular formula is C23H37IN6O. The van der Waals surface area contributed by atoms with Gasteiger partial charge in [0.25, 0.3) is 0 Å². The molecule has 0 saturated heterocycles. The lowest BCUT2D eigenvalue weighted by Gasteiger charge is -2.30. The number of nitrogens with one attached hydrogen (secondary N) is 2. The minimum Gasteiger partial charge on any atom is -0.382 e. The van der Waals surface area contributed by atoms with Crippen LogP contribution in [0.4, 0.5) is 0 Å². The molecule has 1 saturated carbocycles. The second-order valence-electron chi connectivity index (χ2n) is 8.23. The van der Waals surface area contributed by atoms with E-state index < -0.39 is 0 Å². The normalized spacial score (nSPS) is 15.5. The van der Waals surface area contributed by atoms with Gasteiger partial charge in [0.05, 0.1) is 13.1 Å². The second kappa shape index (κ2) is 13.0. The summed E-state index contributed by atoms with van der Waals surface area (Å²) in [5, 5.41) is 15.5. The number of aromatic nitrogens is 3. The number of nitrogens with zero attached hydrogens (tertiary/aromatic N) is 4. The summed E-state index contributed by atoms with van der Waals surface area (Å²) in [4.78, 5) is 4.84. The number of ether oxygens (including phenoxy) is 1. The maximum Gasteiger partial charge on any atom is 0.191 e. The van der Waals surface area contributed by atoms with Crippen molar-refractivity contribution in [3.8, 4) is 0 Å². The number of rotatable bonds is 10. The Kier molecular flexibility index (Phi) is 10.7. The fraction of sp³-hybridized carbons (Fsp3) is 0.609. The van der Waals surface area contributed by atoms with Gasteiger partial charge in [0.1, 0.15) is 5.82 Å². The van der Waals surface area contributed by atoms with Crippen LogP contribution in [0.15, 0.2) is 35.3 Å². The minimum absolute atomic E-state index is 0. The van der Waals surface area contributed by atoms with Gasteiger partial charge in [-0.2, -0.15) is 0 Å². The fourth-order valence-corrected chi connectivity index (χ4v) is 4.04. The number of aliphatic imine (C=N–C) groups is 1. The molecule has 2 N–H and O–H groups in total. The van der Waals surface area contributed by atoms with Crippen LogP contribution < -0.4 is 10.6 Å². The summed E-state index contributed by atoms with van der Waals surface area (Å²) in [5.74, 6) is 2.62. The molecule has 1 fully saturated rings. The topological polar surface area (TPSA) is 76.4 Å². The van der Waals surface area contributed by atoms with Crippen LogP contribution in [0.3, 0.4) is 0 Å². The lowest BCUT2D eigenvalue weighted by Crippen LogP contribution is -2.43. The molecule has 0 bridgehead atoms. The molecule has 0 aliphatic heterocycles. The Morgan fingerprint density at radius 2 is 1.90 bits per heavy atom. The summed E-state index contributed by atoms with van der Waals surface area (Å²) in [6, 6.07) is 10.3. The highest BCUT2D eigenvalue weighted by Crippen LogP contribution is 2.40. The van der Waals surface area contributed by atoms with Crippen LogP contribution in [0.2, 0.25) is 0 Å². The Morgan fingerprint density at radius 3 is 2.55 bits per heavy atom. The molecule has 0 atom stereocenters. The third kappa shape index (κ3) is 7.75. The highest BCUT2D eigenvalue weighted by Gasteiger charge is 2.33. The van der Waals surface area contributed by atoms with Gasteiger partial charge in [-0.1, -0.05) is 43.2 Å². The molecule has 1 aromatic carbocycles. The van der Waals surface area contributed by atoms with Crippen LogP contribution in [0.25, 0.3) is 0 Å². The van der Waals surface area contributed by atoms with Gasteiger partial charge in [0.2, 0.25) is 0 Å².